The topological polar surface area (TPSA) is 6.48 Å². The Morgan fingerprint density at radius 3 is 1.40 bits per heavy atom. The van der Waals surface area contributed by atoms with Gasteiger partial charge in [0.25, 0.3) is 0 Å². The van der Waals surface area contributed by atoms with Crippen LogP contribution in [0, 0.1) is 40.0 Å². The van der Waals surface area contributed by atoms with Crippen molar-refractivity contribution in [3.8, 4) is 33.4 Å². The SMILES string of the molecule is C=C/C(=C\C=C(/C)C(C)(C)Cc1ccc(N(c2ccc3c(c2)C(C)(C)c2c-3c3cccc4cc(-c5c(C)cc(C)cc5C)c5cccc2c5c43)c2ccccc2C)cc1)c1cc2cccc3c4c(c5cccc1c5c23)C(C)(C)c1cc(N(c2ccccc2)c2ccccc2C)ccc1-4. The van der Waals surface area contributed by atoms with Crippen LogP contribution in [0.25, 0.3) is 104 Å². The third-order valence-electron chi connectivity index (χ3n) is 22.9. The van der Waals surface area contributed by atoms with Gasteiger partial charge in [0.2, 0.25) is 0 Å². The minimum Gasteiger partial charge on any atom is -0.310 e. The summed E-state index contributed by atoms with van der Waals surface area (Å²) in [6.07, 6.45) is 7.61. The second kappa shape index (κ2) is 22.4. The van der Waals surface area contributed by atoms with E-state index >= 15 is 0 Å². The number of fused-ring (bicyclic) bond motifs is 10. The van der Waals surface area contributed by atoms with Gasteiger partial charge in [-0.1, -0.05) is 241 Å². The number of rotatable bonds is 13. The van der Waals surface area contributed by atoms with Crippen LogP contribution < -0.4 is 9.80 Å². The molecule has 0 spiro atoms. The van der Waals surface area contributed by atoms with Crippen molar-refractivity contribution in [1.29, 1.82) is 0 Å². The van der Waals surface area contributed by atoms with Crippen LogP contribution in [0.2, 0.25) is 0 Å². The zero-order valence-corrected chi connectivity index (χ0v) is 58.6. The highest BCUT2D eigenvalue weighted by Gasteiger charge is 2.42. The summed E-state index contributed by atoms with van der Waals surface area (Å²) >= 11 is 0. The summed E-state index contributed by atoms with van der Waals surface area (Å²) in [6, 6.07) is 89.8. The molecule has 0 atom stereocenters. The molecular formula is C96H82N2. The van der Waals surface area contributed by atoms with Crippen LogP contribution in [0.5, 0.6) is 0 Å². The number of allylic oxidation sites excluding steroid dienone is 5. The van der Waals surface area contributed by atoms with Crippen LogP contribution in [0.15, 0.2) is 267 Å². The molecule has 0 amide bonds. The van der Waals surface area contributed by atoms with Crippen molar-refractivity contribution in [2.24, 2.45) is 5.41 Å². The Morgan fingerprint density at radius 1 is 0.398 bits per heavy atom. The van der Waals surface area contributed by atoms with Crippen molar-refractivity contribution >= 4 is 104 Å². The van der Waals surface area contributed by atoms with Crippen molar-refractivity contribution in [2.75, 3.05) is 9.80 Å². The van der Waals surface area contributed by atoms with E-state index in [4.69, 9.17) is 0 Å². The molecule has 0 fully saturated rings. The van der Waals surface area contributed by atoms with E-state index < -0.39 is 0 Å². The van der Waals surface area contributed by atoms with Gasteiger partial charge in [-0.15, -0.1) is 0 Å². The van der Waals surface area contributed by atoms with Gasteiger partial charge in [-0.25, -0.2) is 0 Å². The second-order valence-electron chi connectivity index (χ2n) is 30.1. The fraction of sp³-hybridized carbons (Fsp3) is 0.167. The average molecular weight is 1260 g/mol. The molecule has 0 bridgehead atoms. The molecule has 2 aliphatic carbocycles. The van der Waals surface area contributed by atoms with Gasteiger partial charge in [0.15, 0.2) is 0 Å². The van der Waals surface area contributed by atoms with E-state index in [1.165, 1.54) is 176 Å². The lowest BCUT2D eigenvalue weighted by atomic mass is 9.77. The predicted octanol–water partition coefficient (Wildman–Crippen LogP) is 27.0. The Kier molecular flexibility index (Phi) is 13.9. The van der Waals surface area contributed by atoms with Gasteiger partial charge in [-0.3, -0.25) is 0 Å². The summed E-state index contributed by atoms with van der Waals surface area (Å²) in [7, 11) is 0. The monoisotopic (exact) mass is 1260 g/mol. The molecule has 0 radical (unpaired) electrons. The number of para-hydroxylation sites is 3. The molecule has 2 aliphatic rings. The Labute approximate surface area is 577 Å². The zero-order valence-electron chi connectivity index (χ0n) is 58.6. The third kappa shape index (κ3) is 9.13. The summed E-state index contributed by atoms with van der Waals surface area (Å²) in [4.78, 5) is 4.90. The van der Waals surface area contributed by atoms with Crippen molar-refractivity contribution in [1.82, 2.24) is 0 Å². The van der Waals surface area contributed by atoms with E-state index in [9.17, 15) is 0 Å². The summed E-state index contributed by atoms with van der Waals surface area (Å²) in [5.74, 6) is 0. The second-order valence-corrected chi connectivity index (χ2v) is 30.1. The van der Waals surface area contributed by atoms with E-state index in [1.54, 1.807) is 0 Å². The lowest BCUT2D eigenvalue weighted by molar-refractivity contribution is 0.443. The lowest BCUT2D eigenvalue weighted by Gasteiger charge is -2.30. The quantitative estimate of drug-likeness (QED) is 0.0839. The van der Waals surface area contributed by atoms with Crippen LogP contribution in [0.1, 0.15) is 110 Å². The average Bonchev–Trinajstić information content (AvgIpc) is 1.46. The van der Waals surface area contributed by atoms with Gasteiger partial charge in [-0.2, -0.15) is 0 Å². The van der Waals surface area contributed by atoms with Crippen LogP contribution >= 0.6 is 0 Å². The molecule has 0 N–H and O–H groups in total. The van der Waals surface area contributed by atoms with Gasteiger partial charge >= 0.3 is 0 Å². The summed E-state index contributed by atoms with van der Waals surface area (Å²) in [5, 5.41) is 15.9. The maximum atomic E-state index is 4.50. The number of aryl methyl sites for hydroxylation is 5. The molecule has 0 saturated heterocycles. The molecule has 0 unspecified atom stereocenters. The standard InChI is InChI=1S/C96H82N2/c1-14-64(79-52-65-28-22-34-75-86(65)88-71(79)32-24-36-77(88)92-90(75)73-48-46-69(54-81(73)95(92,10)11)97(67-30-16-15-17-31-67)83-38-20-18-26-58(83)3)43-40-62(7)94(8,9)56-63-41-44-68(45-42-63)98(84-39-21-19-27-59(84)4)70-47-49-74-82(55-70)96(12,13)93-78-37-25-33-72-80(85-60(5)50-57(2)51-61(85)6)53-66-29-23-35-76(91(74)93)87(66)89(72)78/h14-55H,1,56H2,2-13H3/b62-40+,64-43+. The van der Waals surface area contributed by atoms with Crippen LogP contribution in [0.3, 0.4) is 0 Å². The summed E-state index contributed by atoms with van der Waals surface area (Å²) in [5.41, 5.74) is 31.2. The highest BCUT2D eigenvalue weighted by molar-refractivity contribution is 6.32. The highest BCUT2D eigenvalue weighted by Crippen LogP contribution is 2.60. The molecule has 0 heterocycles. The molecule has 17 rings (SSSR count). The Hall–Kier alpha value is -10.8. The number of anilines is 6. The van der Waals surface area contributed by atoms with Crippen molar-refractivity contribution in [3.05, 3.63) is 328 Å². The molecular weight excluding hydrogens is 1180 g/mol. The molecule has 15 aromatic carbocycles. The minimum absolute atomic E-state index is 0.148. The minimum atomic E-state index is -0.283. The number of hydrogen-bond donors (Lipinski definition) is 0. The van der Waals surface area contributed by atoms with E-state index in [2.05, 4.69) is 354 Å². The van der Waals surface area contributed by atoms with E-state index in [0.717, 1.165) is 34.7 Å². The van der Waals surface area contributed by atoms with Crippen LogP contribution in [-0.4, -0.2) is 0 Å². The van der Waals surface area contributed by atoms with Gasteiger partial charge in [0.05, 0.1) is 0 Å². The van der Waals surface area contributed by atoms with Crippen LogP contribution in [0.4, 0.5) is 34.1 Å². The van der Waals surface area contributed by atoms with E-state index in [0.29, 0.717) is 0 Å². The van der Waals surface area contributed by atoms with Crippen LogP contribution in [-0.2, 0) is 17.3 Å². The Balaban J connectivity index is 0.693. The van der Waals surface area contributed by atoms with Gasteiger partial charge in [0.1, 0.15) is 0 Å². The van der Waals surface area contributed by atoms with Crippen molar-refractivity contribution < 1.29 is 0 Å². The first kappa shape index (κ1) is 60.8. The Bertz CT molecular complexity index is 5860. The van der Waals surface area contributed by atoms with Crippen molar-refractivity contribution in [2.45, 2.75) is 100 Å². The predicted molar refractivity (Wildman–Crippen MR) is 423 cm³/mol. The fourth-order valence-electron chi connectivity index (χ4n) is 18.0. The maximum absolute atomic E-state index is 4.50. The third-order valence-corrected chi connectivity index (χ3v) is 22.9. The highest BCUT2D eigenvalue weighted by atomic mass is 15.1. The maximum Gasteiger partial charge on any atom is 0.0490 e. The molecule has 0 saturated carbocycles. The summed E-state index contributed by atoms with van der Waals surface area (Å²) < 4.78 is 0. The molecule has 0 aromatic heterocycles. The van der Waals surface area contributed by atoms with Crippen molar-refractivity contribution in [3.63, 3.8) is 0 Å². The first-order chi connectivity index (χ1) is 47.3. The molecule has 15 aromatic rings. The number of hydrogen-bond acceptors (Lipinski definition) is 2. The molecule has 98 heavy (non-hydrogen) atoms. The van der Waals surface area contributed by atoms with Gasteiger partial charge < -0.3 is 9.80 Å². The smallest absolute Gasteiger partial charge is 0.0490 e. The lowest BCUT2D eigenvalue weighted by Crippen LogP contribution is -2.18. The molecule has 476 valence electrons. The molecule has 0 aliphatic heterocycles. The molecule has 2 heteroatoms. The van der Waals surface area contributed by atoms with E-state index in [1.807, 2.05) is 0 Å². The van der Waals surface area contributed by atoms with Gasteiger partial charge in [0, 0.05) is 45.0 Å². The zero-order chi connectivity index (χ0) is 67.4. The number of benzene rings is 15. The first-order valence-electron chi connectivity index (χ1n) is 35.1. The Morgan fingerprint density at radius 2 is 0.857 bits per heavy atom. The van der Waals surface area contributed by atoms with Gasteiger partial charge in [-0.05, 0) is 285 Å². The molecule has 2 nitrogen and oxygen atoms in total. The first-order valence-corrected chi connectivity index (χ1v) is 35.1. The normalized spacial score (nSPS) is 14.1. The van der Waals surface area contributed by atoms with E-state index in [-0.39, 0.29) is 16.2 Å². The number of nitrogens with zero attached hydrogens (tertiary/aromatic N) is 2. The fourth-order valence-corrected chi connectivity index (χ4v) is 18.0. The largest absolute Gasteiger partial charge is 0.310 e. The summed E-state index contributed by atoms with van der Waals surface area (Å²) in [6.45, 7) is 32.6.